The maximum Gasteiger partial charge on any atom is 0.327 e. The minimum Gasteiger partial charge on any atom is -0.468 e. The molecule has 0 aliphatic heterocycles. The Morgan fingerprint density at radius 2 is 2.42 bits per heavy atom. The lowest BCUT2D eigenvalue weighted by molar-refractivity contribution is -0.141. The number of nitriles is 1. The van der Waals surface area contributed by atoms with Gasteiger partial charge in [-0.1, -0.05) is 0 Å². The first-order valence-corrected chi connectivity index (χ1v) is 5.91. The molecule has 0 atom stereocenters. The van der Waals surface area contributed by atoms with Crippen molar-refractivity contribution in [3.05, 3.63) is 24.0 Å². The number of pyridine rings is 1. The third kappa shape index (κ3) is 3.26. The number of ether oxygens (including phenoxy) is 1. The average Bonchev–Trinajstić information content (AvgIpc) is 2.86. The second kappa shape index (κ2) is 5.92. The lowest BCUT2D eigenvalue weighted by Crippen LogP contribution is -2.13. The third-order valence-electron chi connectivity index (χ3n) is 2.07. The number of methoxy groups -OCH3 is 1. The molecule has 2 aromatic heterocycles. The Morgan fingerprint density at radius 3 is 3.05 bits per heavy atom. The first kappa shape index (κ1) is 13.0. The number of rotatable bonds is 4. The monoisotopic (exact) mass is 276 g/mol. The second-order valence-corrected chi connectivity index (χ2v) is 4.33. The van der Waals surface area contributed by atoms with E-state index in [4.69, 9.17) is 5.26 Å². The maximum atomic E-state index is 11.2. The standard InChI is InChI=1S/C10H8N6O2S/c1-18-9(17)6-16-10(13-14-15-16)19-8-3-2-7(4-11)12-5-8/h2-3,5H,6H2,1H3. The molecular weight excluding hydrogens is 268 g/mol. The van der Waals surface area contributed by atoms with Crippen LogP contribution in [0.2, 0.25) is 0 Å². The van der Waals surface area contributed by atoms with Gasteiger partial charge in [-0.25, -0.2) is 9.67 Å². The fourth-order valence-corrected chi connectivity index (χ4v) is 1.90. The van der Waals surface area contributed by atoms with E-state index < -0.39 is 5.97 Å². The zero-order valence-electron chi connectivity index (χ0n) is 9.85. The fourth-order valence-electron chi connectivity index (χ4n) is 1.17. The highest BCUT2D eigenvalue weighted by Crippen LogP contribution is 2.24. The van der Waals surface area contributed by atoms with Gasteiger partial charge in [0.1, 0.15) is 18.3 Å². The molecule has 19 heavy (non-hydrogen) atoms. The minimum atomic E-state index is -0.438. The summed E-state index contributed by atoms with van der Waals surface area (Å²) in [6.45, 7) is -0.0600. The molecule has 2 heterocycles. The van der Waals surface area contributed by atoms with Crippen molar-refractivity contribution in [2.24, 2.45) is 0 Å². The molecule has 0 N–H and O–H groups in total. The van der Waals surface area contributed by atoms with Gasteiger partial charge in [-0.3, -0.25) is 4.79 Å². The molecule has 8 nitrogen and oxygen atoms in total. The molecule has 0 bridgehead atoms. The summed E-state index contributed by atoms with van der Waals surface area (Å²) < 4.78 is 5.87. The third-order valence-corrected chi connectivity index (χ3v) is 3.02. The highest BCUT2D eigenvalue weighted by atomic mass is 32.2. The van der Waals surface area contributed by atoms with E-state index >= 15 is 0 Å². The van der Waals surface area contributed by atoms with E-state index in [1.165, 1.54) is 23.6 Å². The van der Waals surface area contributed by atoms with Crippen LogP contribution in [0.15, 0.2) is 28.4 Å². The van der Waals surface area contributed by atoms with E-state index in [1.807, 2.05) is 6.07 Å². The van der Waals surface area contributed by atoms with Gasteiger partial charge in [0.25, 0.3) is 0 Å². The van der Waals surface area contributed by atoms with Crippen molar-refractivity contribution in [1.82, 2.24) is 25.2 Å². The second-order valence-electron chi connectivity index (χ2n) is 3.29. The smallest absolute Gasteiger partial charge is 0.327 e. The van der Waals surface area contributed by atoms with Gasteiger partial charge in [0.05, 0.1) is 7.11 Å². The summed E-state index contributed by atoms with van der Waals surface area (Å²) in [4.78, 5) is 15.9. The van der Waals surface area contributed by atoms with Crippen LogP contribution in [-0.4, -0.2) is 38.3 Å². The largest absolute Gasteiger partial charge is 0.468 e. The number of aromatic nitrogens is 5. The first-order chi connectivity index (χ1) is 9.22. The number of carbonyl (C=O) groups excluding carboxylic acids is 1. The van der Waals surface area contributed by atoms with Gasteiger partial charge in [-0.05, 0) is 34.3 Å². The van der Waals surface area contributed by atoms with E-state index in [0.29, 0.717) is 10.9 Å². The SMILES string of the molecule is COC(=O)Cn1nnnc1Sc1ccc(C#N)nc1. The summed E-state index contributed by atoms with van der Waals surface area (Å²) in [5, 5.41) is 20.1. The Kier molecular flexibility index (Phi) is 4.04. The molecule has 0 saturated carbocycles. The normalized spacial score (nSPS) is 9.89. The van der Waals surface area contributed by atoms with Gasteiger partial charge in [0.2, 0.25) is 5.16 Å². The number of hydrogen-bond donors (Lipinski definition) is 0. The summed E-state index contributed by atoms with van der Waals surface area (Å²) in [7, 11) is 1.30. The van der Waals surface area contributed by atoms with Crippen LogP contribution in [-0.2, 0) is 16.1 Å². The van der Waals surface area contributed by atoms with Crippen LogP contribution in [0.1, 0.15) is 5.69 Å². The maximum absolute atomic E-state index is 11.2. The fraction of sp³-hybridized carbons (Fsp3) is 0.200. The quantitative estimate of drug-likeness (QED) is 0.732. The topological polar surface area (TPSA) is 107 Å². The molecular formula is C10H8N6O2S. The van der Waals surface area contributed by atoms with Gasteiger partial charge in [0, 0.05) is 11.1 Å². The zero-order valence-corrected chi connectivity index (χ0v) is 10.7. The highest BCUT2D eigenvalue weighted by Gasteiger charge is 2.12. The Morgan fingerprint density at radius 1 is 1.58 bits per heavy atom. The van der Waals surface area contributed by atoms with Crippen molar-refractivity contribution in [1.29, 1.82) is 5.26 Å². The minimum absolute atomic E-state index is 0.0600. The van der Waals surface area contributed by atoms with Crippen molar-refractivity contribution in [2.45, 2.75) is 16.6 Å². The van der Waals surface area contributed by atoms with Crippen LogP contribution in [0.25, 0.3) is 0 Å². The molecule has 0 unspecified atom stereocenters. The van der Waals surface area contributed by atoms with Crippen molar-refractivity contribution < 1.29 is 9.53 Å². The molecule has 0 aliphatic carbocycles. The van der Waals surface area contributed by atoms with Crippen molar-refractivity contribution >= 4 is 17.7 Å². The summed E-state index contributed by atoms with van der Waals surface area (Å²) in [6, 6.07) is 5.25. The summed E-state index contributed by atoms with van der Waals surface area (Å²) in [6.07, 6.45) is 1.54. The Labute approximate surface area is 112 Å². The lowest BCUT2D eigenvalue weighted by Gasteiger charge is -2.02. The molecule has 0 aromatic carbocycles. The Hall–Kier alpha value is -2.47. The van der Waals surface area contributed by atoms with E-state index in [1.54, 1.807) is 18.3 Å². The Balaban J connectivity index is 2.12. The number of carbonyl (C=O) groups is 1. The summed E-state index contributed by atoms with van der Waals surface area (Å²) in [5.41, 5.74) is 0.332. The molecule has 96 valence electrons. The van der Waals surface area contributed by atoms with Crippen LogP contribution < -0.4 is 0 Å². The summed E-state index contributed by atoms with van der Waals surface area (Å²) >= 11 is 1.24. The summed E-state index contributed by atoms with van der Waals surface area (Å²) in [5.74, 6) is -0.438. The first-order valence-electron chi connectivity index (χ1n) is 5.10. The van der Waals surface area contributed by atoms with Crippen LogP contribution in [0, 0.1) is 11.3 Å². The predicted octanol–water partition coefficient (Wildman–Crippen LogP) is 0.264. The van der Waals surface area contributed by atoms with Crippen LogP contribution >= 0.6 is 11.8 Å². The average molecular weight is 276 g/mol. The Bertz CT molecular complexity index is 618. The van der Waals surface area contributed by atoms with Crippen molar-refractivity contribution in [2.75, 3.05) is 7.11 Å². The number of nitrogens with zero attached hydrogens (tertiary/aromatic N) is 6. The molecule has 0 saturated heterocycles. The molecule has 0 amide bonds. The molecule has 0 radical (unpaired) electrons. The van der Waals surface area contributed by atoms with E-state index in [-0.39, 0.29) is 6.54 Å². The number of hydrogen-bond acceptors (Lipinski definition) is 8. The van der Waals surface area contributed by atoms with Crippen molar-refractivity contribution in [3.63, 3.8) is 0 Å². The van der Waals surface area contributed by atoms with Gasteiger partial charge >= 0.3 is 5.97 Å². The van der Waals surface area contributed by atoms with Gasteiger partial charge in [-0.2, -0.15) is 5.26 Å². The number of esters is 1. The van der Waals surface area contributed by atoms with Gasteiger partial charge in [-0.15, -0.1) is 5.10 Å². The highest BCUT2D eigenvalue weighted by molar-refractivity contribution is 7.99. The lowest BCUT2D eigenvalue weighted by atomic mass is 10.4. The van der Waals surface area contributed by atoms with Crippen molar-refractivity contribution in [3.8, 4) is 6.07 Å². The molecule has 0 aliphatic rings. The van der Waals surface area contributed by atoms with Crippen LogP contribution in [0.5, 0.6) is 0 Å². The van der Waals surface area contributed by atoms with E-state index in [0.717, 1.165) is 4.90 Å². The van der Waals surface area contributed by atoms with Gasteiger partial charge < -0.3 is 4.74 Å². The van der Waals surface area contributed by atoms with E-state index in [9.17, 15) is 4.79 Å². The van der Waals surface area contributed by atoms with Crippen LogP contribution in [0.3, 0.4) is 0 Å². The van der Waals surface area contributed by atoms with Gasteiger partial charge in [0.15, 0.2) is 0 Å². The molecule has 0 spiro atoms. The molecule has 2 rings (SSSR count). The predicted molar refractivity (Wildman–Crippen MR) is 62.9 cm³/mol. The molecule has 2 aromatic rings. The number of tetrazole rings is 1. The van der Waals surface area contributed by atoms with E-state index in [2.05, 4.69) is 25.2 Å². The molecule has 0 fully saturated rings. The van der Waals surface area contributed by atoms with Crippen LogP contribution in [0.4, 0.5) is 0 Å². The molecule has 9 heteroatoms. The zero-order chi connectivity index (χ0) is 13.7.